The Bertz CT molecular complexity index is 536. The van der Waals surface area contributed by atoms with E-state index in [0.29, 0.717) is 5.92 Å². The number of aryl methyl sites for hydroxylation is 1. The zero-order valence-corrected chi connectivity index (χ0v) is 11.9. The third-order valence-corrected chi connectivity index (χ3v) is 3.77. The molecule has 0 aromatic carbocycles. The van der Waals surface area contributed by atoms with Crippen LogP contribution < -0.4 is 5.32 Å². The molecule has 20 heavy (non-hydrogen) atoms. The van der Waals surface area contributed by atoms with E-state index in [1.165, 1.54) is 18.5 Å². The van der Waals surface area contributed by atoms with Crippen molar-refractivity contribution >= 4 is 5.82 Å². The van der Waals surface area contributed by atoms with Crippen LogP contribution in [0.15, 0.2) is 36.8 Å². The maximum atomic E-state index is 4.29. The zero-order valence-electron chi connectivity index (χ0n) is 11.9. The number of pyridine rings is 1. The summed E-state index contributed by atoms with van der Waals surface area (Å²) >= 11 is 0. The van der Waals surface area contributed by atoms with E-state index in [9.17, 15) is 0 Å². The first kappa shape index (κ1) is 13.1. The number of aromatic nitrogens is 3. The highest BCUT2D eigenvalue weighted by Crippen LogP contribution is 2.18. The fourth-order valence-corrected chi connectivity index (χ4v) is 2.75. The third-order valence-electron chi connectivity index (χ3n) is 3.77. The topological polar surface area (TPSA) is 46.0 Å². The number of nitrogens with zero attached hydrogens (tertiary/aromatic N) is 4. The predicted molar refractivity (Wildman–Crippen MR) is 79.3 cm³/mol. The van der Waals surface area contributed by atoms with Gasteiger partial charge in [0.2, 0.25) is 0 Å². The summed E-state index contributed by atoms with van der Waals surface area (Å²) in [6.45, 7) is 4.33. The molecular weight excluding hydrogens is 250 g/mol. The minimum Gasteiger partial charge on any atom is -0.370 e. The van der Waals surface area contributed by atoms with E-state index in [1.54, 1.807) is 0 Å². The van der Waals surface area contributed by atoms with Gasteiger partial charge < -0.3 is 5.32 Å². The zero-order chi connectivity index (χ0) is 13.8. The van der Waals surface area contributed by atoms with Crippen molar-refractivity contribution in [3.05, 3.63) is 42.4 Å². The van der Waals surface area contributed by atoms with E-state index in [-0.39, 0.29) is 0 Å². The molecule has 1 aliphatic rings. The van der Waals surface area contributed by atoms with Gasteiger partial charge in [0.25, 0.3) is 0 Å². The Kier molecular flexibility index (Phi) is 3.97. The Morgan fingerprint density at radius 1 is 1.40 bits per heavy atom. The van der Waals surface area contributed by atoms with Crippen LogP contribution in [0, 0.1) is 5.92 Å². The molecule has 2 aromatic rings. The van der Waals surface area contributed by atoms with Crippen LogP contribution in [0.2, 0.25) is 0 Å². The average Bonchev–Trinajstić information content (AvgIpc) is 3.08. The summed E-state index contributed by atoms with van der Waals surface area (Å²) in [5.74, 6) is 1.67. The minimum atomic E-state index is 0.702. The van der Waals surface area contributed by atoms with Gasteiger partial charge in [0.1, 0.15) is 5.82 Å². The number of likely N-dealkylation sites (tertiary alicyclic amines) is 1. The molecule has 2 aromatic heterocycles. The van der Waals surface area contributed by atoms with Crippen LogP contribution in [0.5, 0.6) is 0 Å². The molecule has 1 N–H and O–H groups in total. The van der Waals surface area contributed by atoms with Gasteiger partial charge >= 0.3 is 0 Å². The van der Waals surface area contributed by atoms with Gasteiger partial charge in [0.15, 0.2) is 0 Å². The molecule has 5 nitrogen and oxygen atoms in total. The number of hydrogen-bond donors (Lipinski definition) is 1. The lowest BCUT2D eigenvalue weighted by atomic mass is 10.1. The first-order valence-corrected chi connectivity index (χ1v) is 7.14. The highest BCUT2D eigenvalue weighted by atomic mass is 15.2. The van der Waals surface area contributed by atoms with Crippen LogP contribution >= 0.6 is 0 Å². The molecular formula is C15H21N5. The van der Waals surface area contributed by atoms with Crippen LogP contribution in [0.1, 0.15) is 12.0 Å². The summed E-state index contributed by atoms with van der Waals surface area (Å²) in [7, 11) is 1.97. The van der Waals surface area contributed by atoms with E-state index in [0.717, 1.165) is 25.5 Å². The van der Waals surface area contributed by atoms with Gasteiger partial charge in [-0.15, -0.1) is 0 Å². The van der Waals surface area contributed by atoms with Crippen molar-refractivity contribution in [1.82, 2.24) is 19.7 Å². The van der Waals surface area contributed by atoms with Gasteiger partial charge in [-0.2, -0.15) is 5.10 Å². The highest BCUT2D eigenvalue weighted by Gasteiger charge is 2.22. The second-order valence-corrected chi connectivity index (χ2v) is 5.51. The molecule has 0 amide bonds. The first-order valence-electron chi connectivity index (χ1n) is 7.14. The molecule has 0 radical (unpaired) electrons. The van der Waals surface area contributed by atoms with Gasteiger partial charge in [-0.1, -0.05) is 6.07 Å². The summed E-state index contributed by atoms with van der Waals surface area (Å²) in [5.41, 5.74) is 1.30. The predicted octanol–water partition coefficient (Wildman–Crippen LogP) is 1.75. The third kappa shape index (κ3) is 3.36. The highest BCUT2D eigenvalue weighted by molar-refractivity contribution is 5.33. The summed E-state index contributed by atoms with van der Waals surface area (Å²) in [6.07, 6.45) is 7.13. The van der Waals surface area contributed by atoms with Crippen molar-refractivity contribution in [3.63, 3.8) is 0 Å². The molecule has 0 bridgehead atoms. The van der Waals surface area contributed by atoms with E-state index < -0.39 is 0 Å². The van der Waals surface area contributed by atoms with E-state index in [2.05, 4.69) is 26.5 Å². The van der Waals surface area contributed by atoms with Gasteiger partial charge in [0.05, 0.1) is 6.20 Å². The largest absolute Gasteiger partial charge is 0.370 e. The second-order valence-electron chi connectivity index (χ2n) is 5.51. The van der Waals surface area contributed by atoms with Crippen LogP contribution in [0.4, 0.5) is 5.82 Å². The quantitative estimate of drug-likeness (QED) is 0.900. The summed E-state index contributed by atoms with van der Waals surface area (Å²) < 4.78 is 1.87. The molecule has 1 fully saturated rings. The minimum absolute atomic E-state index is 0.702. The van der Waals surface area contributed by atoms with Crippen molar-refractivity contribution in [2.24, 2.45) is 13.0 Å². The average molecular weight is 271 g/mol. The van der Waals surface area contributed by atoms with Crippen molar-refractivity contribution in [1.29, 1.82) is 0 Å². The SMILES string of the molecule is Cn1cc(CN2CCC(CNc3ccccn3)C2)cn1. The molecule has 0 spiro atoms. The molecule has 1 aliphatic heterocycles. The van der Waals surface area contributed by atoms with Gasteiger partial charge in [-0.3, -0.25) is 9.58 Å². The second kappa shape index (κ2) is 6.05. The Hall–Kier alpha value is -1.88. The fourth-order valence-electron chi connectivity index (χ4n) is 2.75. The lowest BCUT2D eigenvalue weighted by Gasteiger charge is -2.15. The van der Waals surface area contributed by atoms with Crippen LogP contribution in [-0.2, 0) is 13.6 Å². The lowest BCUT2D eigenvalue weighted by Crippen LogP contribution is -2.22. The maximum absolute atomic E-state index is 4.29. The van der Waals surface area contributed by atoms with Crippen molar-refractivity contribution in [3.8, 4) is 0 Å². The van der Waals surface area contributed by atoms with Gasteiger partial charge in [-0.25, -0.2) is 4.98 Å². The Morgan fingerprint density at radius 2 is 2.35 bits per heavy atom. The molecule has 3 heterocycles. The monoisotopic (exact) mass is 271 g/mol. The Morgan fingerprint density at radius 3 is 3.10 bits per heavy atom. The molecule has 3 rings (SSSR count). The smallest absolute Gasteiger partial charge is 0.125 e. The van der Waals surface area contributed by atoms with Crippen molar-refractivity contribution in [2.75, 3.05) is 25.0 Å². The molecule has 1 saturated heterocycles. The Labute approximate surface area is 119 Å². The normalized spacial score (nSPS) is 19.4. The number of nitrogens with one attached hydrogen (secondary N) is 1. The molecule has 106 valence electrons. The summed E-state index contributed by atoms with van der Waals surface area (Å²) in [4.78, 5) is 6.80. The van der Waals surface area contributed by atoms with E-state index >= 15 is 0 Å². The molecule has 1 unspecified atom stereocenters. The lowest BCUT2D eigenvalue weighted by molar-refractivity contribution is 0.319. The Balaban J connectivity index is 1.45. The van der Waals surface area contributed by atoms with Crippen molar-refractivity contribution in [2.45, 2.75) is 13.0 Å². The van der Waals surface area contributed by atoms with Crippen molar-refractivity contribution < 1.29 is 0 Å². The standard InChI is InChI=1S/C15H21N5/c1-19-10-14(9-18-19)12-20-7-5-13(11-20)8-17-15-4-2-3-6-16-15/h2-4,6,9-10,13H,5,7-8,11-12H2,1H3,(H,16,17). The number of anilines is 1. The molecule has 0 aliphatic carbocycles. The molecule has 0 saturated carbocycles. The first-order chi connectivity index (χ1) is 9.79. The molecule has 1 atom stereocenters. The van der Waals surface area contributed by atoms with Gasteiger partial charge in [-0.05, 0) is 31.0 Å². The number of rotatable bonds is 5. The molecule has 5 heteroatoms. The van der Waals surface area contributed by atoms with E-state index in [4.69, 9.17) is 0 Å². The van der Waals surface area contributed by atoms with Crippen LogP contribution in [0.25, 0.3) is 0 Å². The van der Waals surface area contributed by atoms with Crippen LogP contribution in [-0.4, -0.2) is 39.3 Å². The maximum Gasteiger partial charge on any atom is 0.125 e. The summed E-state index contributed by atoms with van der Waals surface area (Å²) in [5, 5.41) is 7.64. The summed E-state index contributed by atoms with van der Waals surface area (Å²) in [6, 6.07) is 5.97. The van der Waals surface area contributed by atoms with Crippen LogP contribution in [0.3, 0.4) is 0 Å². The van der Waals surface area contributed by atoms with E-state index in [1.807, 2.05) is 42.3 Å². The fraction of sp³-hybridized carbons (Fsp3) is 0.467. The number of hydrogen-bond acceptors (Lipinski definition) is 4. The van der Waals surface area contributed by atoms with Gasteiger partial charge in [0, 0.05) is 44.6 Å².